The maximum atomic E-state index is 13.0. The van der Waals surface area contributed by atoms with Crippen LogP contribution in [0.25, 0.3) is 0 Å². The molecule has 2 aromatic rings. The Bertz CT molecular complexity index is 1160. The van der Waals surface area contributed by atoms with Crippen LogP contribution in [0.1, 0.15) is 27.1 Å². The van der Waals surface area contributed by atoms with Gasteiger partial charge in [0, 0.05) is 34.1 Å². The van der Waals surface area contributed by atoms with Crippen LogP contribution in [0.4, 0.5) is 0 Å². The summed E-state index contributed by atoms with van der Waals surface area (Å²) in [5, 5.41) is 10.3. The predicted molar refractivity (Wildman–Crippen MR) is 127 cm³/mol. The molecule has 0 spiro atoms. The fourth-order valence-corrected chi connectivity index (χ4v) is 6.99. The molecule has 1 fully saturated rings. The van der Waals surface area contributed by atoms with Crippen molar-refractivity contribution in [2.75, 3.05) is 13.1 Å². The summed E-state index contributed by atoms with van der Waals surface area (Å²) in [5.74, 6) is -0.753. The van der Waals surface area contributed by atoms with Gasteiger partial charge in [0.05, 0.1) is 16.0 Å². The van der Waals surface area contributed by atoms with Crippen LogP contribution in [0.3, 0.4) is 0 Å². The first-order chi connectivity index (χ1) is 15.1. The van der Waals surface area contributed by atoms with E-state index in [4.69, 9.17) is 0 Å². The first-order valence-corrected chi connectivity index (χ1v) is 13.0. The first kappa shape index (κ1) is 23.6. The highest BCUT2D eigenvalue weighted by atomic mass is 79.9. The third-order valence-electron chi connectivity index (χ3n) is 5.71. The van der Waals surface area contributed by atoms with E-state index < -0.39 is 29.2 Å². The Morgan fingerprint density at radius 3 is 2.34 bits per heavy atom. The van der Waals surface area contributed by atoms with E-state index in [1.54, 1.807) is 48.0 Å². The van der Waals surface area contributed by atoms with Gasteiger partial charge >= 0.3 is 7.05 Å². The van der Waals surface area contributed by atoms with Crippen LogP contribution < -0.4 is 4.72 Å². The van der Waals surface area contributed by atoms with E-state index in [2.05, 4.69) is 36.6 Å². The van der Waals surface area contributed by atoms with Gasteiger partial charge in [0.25, 0.3) is 11.8 Å². The number of sulfonamides is 1. The van der Waals surface area contributed by atoms with E-state index >= 15 is 0 Å². The van der Waals surface area contributed by atoms with Gasteiger partial charge in [-0.05, 0) is 59.5 Å². The Morgan fingerprint density at radius 1 is 1.12 bits per heavy atom. The summed E-state index contributed by atoms with van der Waals surface area (Å²) in [7, 11) is -4.72. The molecule has 32 heavy (non-hydrogen) atoms. The predicted octanol–water partition coefficient (Wildman–Crippen LogP) is 2.34. The minimum Gasteiger partial charge on any atom is -0.437 e. The average molecular weight is 585 g/mol. The molecule has 2 aliphatic heterocycles. The molecular weight excluding hydrogens is 565 g/mol. The van der Waals surface area contributed by atoms with Gasteiger partial charge < -0.3 is 9.83 Å². The van der Waals surface area contributed by atoms with Crippen molar-refractivity contribution >= 4 is 60.7 Å². The van der Waals surface area contributed by atoms with Gasteiger partial charge in [0.2, 0.25) is 10.0 Å². The van der Waals surface area contributed by atoms with Crippen LogP contribution in [0.5, 0.6) is 0 Å². The Morgan fingerprint density at radius 2 is 1.75 bits per heavy atom. The zero-order chi connectivity index (χ0) is 23.2. The number of carbonyl (C=O) groups is 2. The topological polar surface area (TPSA) is 107 Å². The van der Waals surface area contributed by atoms with Crippen molar-refractivity contribution in [1.29, 1.82) is 0 Å². The fourth-order valence-electron chi connectivity index (χ4n) is 4.25. The molecule has 0 aliphatic carbocycles. The van der Waals surface area contributed by atoms with Crippen LogP contribution in [0.15, 0.2) is 56.3 Å². The Hall–Kier alpha value is -1.57. The molecule has 2 aromatic carbocycles. The highest BCUT2D eigenvalue weighted by Gasteiger charge is 2.43. The second kappa shape index (κ2) is 9.00. The monoisotopic (exact) mass is 583 g/mol. The SMILES string of the molecule is CB(O)N1C[C@H](NS(=O)(=O)c2cc(Br)ccc2Br)C[C@@H]1CN1C(=O)c2ccccc2C1=O. The summed E-state index contributed by atoms with van der Waals surface area (Å²) >= 11 is 6.56. The summed E-state index contributed by atoms with van der Waals surface area (Å²) < 4.78 is 29.7. The number of hydrogen-bond acceptors (Lipinski definition) is 6. The second-order valence-electron chi connectivity index (χ2n) is 7.88. The van der Waals surface area contributed by atoms with Crippen molar-refractivity contribution in [3.8, 4) is 0 Å². The molecule has 0 unspecified atom stereocenters. The van der Waals surface area contributed by atoms with Gasteiger partial charge in [-0.25, -0.2) is 13.1 Å². The molecule has 1 saturated heterocycles. The lowest BCUT2D eigenvalue weighted by Gasteiger charge is -2.28. The van der Waals surface area contributed by atoms with Crippen molar-refractivity contribution < 1.29 is 23.0 Å². The molecule has 2 amide bonds. The highest BCUT2D eigenvalue weighted by Crippen LogP contribution is 2.29. The molecule has 2 atom stereocenters. The Kier molecular flexibility index (Phi) is 6.63. The third-order valence-corrected chi connectivity index (χ3v) is 8.72. The van der Waals surface area contributed by atoms with Crippen molar-refractivity contribution in [2.24, 2.45) is 0 Å². The number of fused-ring (bicyclic) bond motifs is 1. The minimum absolute atomic E-state index is 0.0655. The number of benzene rings is 2. The van der Waals surface area contributed by atoms with E-state index in [0.717, 1.165) is 0 Å². The Balaban J connectivity index is 1.52. The van der Waals surface area contributed by atoms with Gasteiger partial charge in [0.15, 0.2) is 0 Å². The minimum atomic E-state index is -3.84. The number of nitrogens with zero attached hydrogens (tertiary/aromatic N) is 2. The van der Waals surface area contributed by atoms with Crippen molar-refractivity contribution in [1.82, 2.24) is 14.4 Å². The van der Waals surface area contributed by atoms with E-state index in [1.165, 1.54) is 11.0 Å². The second-order valence-corrected chi connectivity index (χ2v) is 11.3. The molecule has 8 nitrogen and oxygen atoms in total. The lowest BCUT2D eigenvalue weighted by molar-refractivity contribution is 0.0625. The van der Waals surface area contributed by atoms with Crippen molar-refractivity contribution in [3.63, 3.8) is 0 Å². The number of imide groups is 1. The summed E-state index contributed by atoms with van der Waals surface area (Å²) in [6.07, 6.45) is 0.336. The number of hydrogen-bond donors (Lipinski definition) is 2. The van der Waals surface area contributed by atoms with E-state index in [9.17, 15) is 23.0 Å². The van der Waals surface area contributed by atoms with Crippen LogP contribution in [0, 0.1) is 0 Å². The number of halogens is 2. The zero-order valence-corrected chi connectivity index (χ0v) is 21.0. The largest absolute Gasteiger partial charge is 0.437 e. The molecular formula is C20H20BBr2N3O5S. The molecule has 0 bridgehead atoms. The van der Waals surface area contributed by atoms with Gasteiger partial charge in [0.1, 0.15) is 0 Å². The normalized spacial score (nSPS) is 21.3. The first-order valence-electron chi connectivity index (χ1n) is 9.95. The van der Waals surface area contributed by atoms with Crippen molar-refractivity contribution in [3.05, 3.63) is 62.5 Å². The quantitative estimate of drug-likeness (QED) is 0.399. The number of amides is 2. The molecule has 0 radical (unpaired) electrons. The van der Waals surface area contributed by atoms with Crippen LogP contribution >= 0.6 is 31.9 Å². The van der Waals surface area contributed by atoms with Gasteiger partial charge in [-0.15, -0.1) is 0 Å². The molecule has 2 N–H and O–H groups in total. The van der Waals surface area contributed by atoms with Gasteiger partial charge in [-0.3, -0.25) is 14.5 Å². The summed E-state index contributed by atoms with van der Waals surface area (Å²) in [6.45, 7) is 1.89. The molecule has 2 aliphatic rings. The highest BCUT2D eigenvalue weighted by molar-refractivity contribution is 9.11. The van der Waals surface area contributed by atoms with E-state index in [-0.39, 0.29) is 29.8 Å². The number of carbonyl (C=O) groups excluding carboxylic acids is 2. The van der Waals surface area contributed by atoms with Crippen LogP contribution in [-0.4, -0.2) is 67.2 Å². The lowest BCUT2D eigenvalue weighted by Crippen LogP contribution is -2.48. The summed E-state index contributed by atoms with van der Waals surface area (Å²) in [5.41, 5.74) is 0.715. The van der Waals surface area contributed by atoms with Gasteiger partial charge in [-0.1, -0.05) is 28.1 Å². The molecule has 2 heterocycles. The fraction of sp³-hybridized carbons (Fsp3) is 0.300. The maximum absolute atomic E-state index is 13.0. The van der Waals surface area contributed by atoms with Gasteiger partial charge in [-0.2, -0.15) is 0 Å². The van der Waals surface area contributed by atoms with Crippen LogP contribution in [0.2, 0.25) is 6.82 Å². The lowest BCUT2D eigenvalue weighted by atomic mass is 9.84. The zero-order valence-electron chi connectivity index (χ0n) is 17.0. The maximum Gasteiger partial charge on any atom is 0.376 e. The Labute approximate surface area is 203 Å². The van der Waals surface area contributed by atoms with Crippen LogP contribution in [-0.2, 0) is 10.0 Å². The third kappa shape index (κ3) is 4.44. The molecule has 0 aromatic heterocycles. The van der Waals surface area contributed by atoms with E-state index in [0.29, 0.717) is 26.5 Å². The van der Waals surface area contributed by atoms with E-state index in [1.807, 2.05) is 0 Å². The summed E-state index contributed by atoms with van der Waals surface area (Å²) in [6, 6.07) is 10.6. The number of rotatable bonds is 6. The number of nitrogens with one attached hydrogen (secondary N) is 1. The van der Waals surface area contributed by atoms with Crippen molar-refractivity contribution in [2.45, 2.75) is 30.2 Å². The summed E-state index contributed by atoms with van der Waals surface area (Å²) in [4.78, 5) is 28.4. The molecule has 0 saturated carbocycles. The molecule has 168 valence electrons. The molecule has 4 rings (SSSR count). The standard InChI is InChI=1S/C20H20BBr2N3O5S/c1-21(29)26-10-13(24-32(30,31)18-8-12(22)6-7-17(18)23)9-14(26)11-25-19(27)15-4-2-3-5-16(15)20(25)28/h2-8,13-14,24,29H,9-11H2,1H3/t13-,14-/m1/s1. The molecule has 12 heteroatoms. The average Bonchev–Trinajstić information content (AvgIpc) is 3.24. The smallest absolute Gasteiger partial charge is 0.376 e.